The third-order valence-corrected chi connectivity index (χ3v) is 4.12. The van der Waals surface area contributed by atoms with Gasteiger partial charge in [-0.1, -0.05) is 13.8 Å². The summed E-state index contributed by atoms with van der Waals surface area (Å²) in [5, 5.41) is 12.4. The fraction of sp³-hybridized carbons (Fsp3) is 0.583. The Morgan fingerprint density at radius 3 is 2.50 bits per heavy atom. The zero-order chi connectivity index (χ0) is 13.9. The number of carbonyl (C=O) groups is 2. The van der Waals surface area contributed by atoms with Crippen molar-refractivity contribution in [2.24, 2.45) is 5.92 Å². The molecule has 100 valence electrons. The van der Waals surface area contributed by atoms with E-state index >= 15 is 0 Å². The van der Waals surface area contributed by atoms with Crippen LogP contribution in [0, 0.1) is 12.8 Å². The summed E-state index contributed by atoms with van der Waals surface area (Å²) in [7, 11) is 0. The molecule has 0 saturated carbocycles. The van der Waals surface area contributed by atoms with Crippen LogP contribution in [-0.2, 0) is 4.79 Å². The van der Waals surface area contributed by atoms with Gasteiger partial charge in [0, 0.05) is 5.92 Å². The number of aryl methyl sites for hydroxylation is 1. The normalized spacial score (nSPS) is 14.0. The van der Waals surface area contributed by atoms with Gasteiger partial charge in [-0.15, -0.1) is 11.3 Å². The maximum Gasteiger partial charge on any atom is 0.347 e. The number of nitrogens with one attached hydrogen (secondary N) is 1. The van der Waals surface area contributed by atoms with E-state index in [0.717, 1.165) is 17.8 Å². The number of carbonyl (C=O) groups excluding carboxylic acids is 1. The molecule has 6 heteroatoms. The first kappa shape index (κ1) is 14.6. The minimum Gasteiger partial charge on any atom is -0.477 e. The fourth-order valence-electron chi connectivity index (χ4n) is 1.40. The van der Waals surface area contributed by atoms with Crippen LogP contribution in [0.1, 0.15) is 53.6 Å². The number of hydrogen-bond donors (Lipinski definition) is 2. The second-order valence-electron chi connectivity index (χ2n) is 4.31. The van der Waals surface area contributed by atoms with E-state index in [-0.39, 0.29) is 22.7 Å². The number of aromatic nitrogens is 1. The third-order valence-electron chi connectivity index (χ3n) is 2.80. The van der Waals surface area contributed by atoms with Crippen molar-refractivity contribution < 1.29 is 14.7 Å². The second kappa shape index (κ2) is 5.95. The van der Waals surface area contributed by atoms with E-state index in [4.69, 9.17) is 5.11 Å². The van der Waals surface area contributed by atoms with Crippen LogP contribution < -0.4 is 5.32 Å². The lowest BCUT2D eigenvalue weighted by atomic mass is 10.1. The molecular formula is C12H18N2O3S. The number of rotatable bonds is 5. The zero-order valence-electron chi connectivity index (χ0n) is 11.0. The molecule has 0 bridgehead atoms. The van der Waals surface area contributed by atoms with Crippen molar-refractivity contribution in [3.8, 4) is 0 Å². The van der Waals surface area contributed by atoms with Crippen molar-refractivity contribution in [1.29, 1.82) is 0 Å². The molecule has 0 aromatic carbocycles. The van der Waals surface area contributed by atoms with E-state index in [1.54, 1.807) is 6.92 Å². The first-order chi connectivity index (χ1) is 8.36. The molecule has 0 aliphatic rings. The molecule has 0 aliphatic carbocycles. The van der Waals surface area contributed by atoms with Gasteiger partial charge in [0.1, 0.15) is 9.88 Å². The van der Waals surface area contributed by atoms with Gasteiger partial charge in [-0.2, -0.15) is 0 Å². The molecule has 1 rings (SSSR count). The van der Waals surface area contributed by atoms with E-state index in [1.165, 1.54) is 0 Å². The quantitative estimate of drug-likeness (QED) is 0.861. The number of carboxylic acid groups (broad SMARTS) is 1. The van der Waals surface area contributed by atoms with Crippen LogP contribution in [0.2, 0.25) is 0 Å². The molecule has 1 amide bonds. The minimum atomic E-state index is -0.975. The molecule has 18 heavy (non-hydrogen) atoms. The number of aromatic carboxylic acids is 1. The molecule has 0 saturated heterocycles. The lowest BCUT2D eigenvalue weighted by Gasteiger charge is -2.14. The monoisotopic (exact) mass is 270 g/mol. The molecule has 0 aliphatic heterocycles. The zero-order valence-corrected chi connectivity index (χ0v) is 11.8. The summed E-state index contributed by atoms with van der Waals surface area (Å²) in [6, 6.07) is -0.261. The van der Waals surface area contributed by atoms with E-state index in [1.807, 2.05) is 20.8 Å². The molecule has 1 heterocycles. The van der Waals surface area contributed by atoms with Gasteiger partial charge in [0.25, 0.3) is 0 Å². The average Bonchev–Trinajstić information content (AvgIpc) is 2.70. The summed E-state index contributed by atoms with van der Waals surface area (Å²) in [4.78, 5) is 27.1. The Morgan fingerprint density at radius 2 is 2.06 bits per heavy atom. The Hall–Kier alpha value is -1.43. The van der Waals surface area contributed by atoms with Gasteiger partial charge in [-0.25, -0.2) is 9.78 Å². The standard InChI is InChI=1S/C12H18N2O3S/c1-5-6(2)10(15)13-8(4)11-14-7(3)9(18-11)12(16)17/h6,8H,5H2,1-4H3,(H,13,15)(H,16,17)/t6-,8-/m1/s1. The molecule has 2 N–H and O–H groups in total. The van der Waals surface area contributed by atoms with E-state index in [0.29, 0.717) is 10.7 Å². The fourth-order valence-corrected chi connectivity index (χ4v) is 2.31. The predicted molar refractivity (Wildman–Crippen MR) is 69.8 cm³/mol. The van der Waals surface area contributed by atoms with Gasteiger partial charge < -0.3 is 10.4 Å². The molecule has 0 spiro atoms. The molecule has 0 fully saturated rings. The maximum absolute atomic E-state index is 11.7. The first-order valence-corrected chi connectivity index (χ1v) is 6.69. The SMILES string of the molecule is CC[C@@H](C)C(=O)N[C@H](C)c1nc(C)c(C(=O)O)s1. The molecule has 0 radical (unpaired) electrons. The third kappa shape index (κ3) is 3.29. The molecule has 1 aromatic heterocycles. The topological polar surface area (TPSA) is 79.3 Å². The second-order valence-corrected chi connectivity index (χ2v) is 5.34. The Labute approximate surface area is 110 Å². The maximum atomic E-state index is 11.7. The van der Waals surface area contributed by atoms with Gasteiger partial charge in [-0.05, 0) is 20.3 Å². The summed E-state index contributed by atoms with van der Waals surface area (Å²) in [5.74, 6) is -1.06. The van der Waals surface area contributed by atoms with Crippen molar-refractivity contribution in [1.82, 2.24) is 10.3 Å². The lowest BCUT2D eigenvalue weighted by molar-refractivity contribution is -0.125. The Bertz CT molecular complexity index is 456. The summed E-state index contributed by atoms with van der Waals surface area (Å²) in [6.45, 7) is 7.28. The number of nitrogens with zero attached hydrogens (tertiary/aromatic N) is 1. The van der Waals surface area contributed by atoms with Crippen molar-refractivity contribution in [2.75, 3.05) is 0 Å². The molecule has 2 atom stereocenters. The number of thiazole rings is 1. The predicted octanol–water partition coefficient (Wildman–Crippen LogP) is 2.37. The van der Waals surface area contributed by atoms with Gasteiger partial charge in [0.05, 0.1) is 11.7 Å². The average molecular weight is 270 g/mol. The Morgan fingerprint density at radius 1 is 1.44 bits per heavy atom. The van der Waals surface area contributed by atoms with Crippen LogP contribution in [0.15, 0.2) is 0 Å². The van der Waals surface area contributed by atoms with Crippen molar-refractivity contribution in [2.45, 2.75) is 40.2 Å². The van der Waals surface area contributed by atoms with Crippen molar-refractivity contribution >= 4 is 23.2 Å². The highest BCUT2D eigenvalue weighted by Crippen LogP contribution is 2.23. The Balaban J connectivity index is 2.79. The first-order valence-electron chi connectivity index (χ1n) is 5.87. The summed E-state index contributed by atoms with van der Waals surface area (Å²) >= 11 is 1.11. The van der Waals surface area contributed by atoms with Crippen molar-refractivity contribution in [3.63, 3.8) is 0 Å². The largest absolute Gasteiger partial charge is 0.477 e. The highest BCUT2D eigenvalue weighted by Gasteiger charge is 2.20. The molecule has 5 nitrogen and oxygen atoms in total. The van der Waals surface area contributed by atoms with Crippen LogP contribution in [0.5, 0.6) is 0 Å². The van der Waals surface area contributed by atoms with Crippen LogP contribution >= 0.6 is 11.3 Å². The summed E-state index contributed by atoms with van der Waals surface area (Å²) in [6.07, 6.45) is 0.774. The number of hydrogen-bond acceptors (Lipinski definition) is 4. The molecule has 0 unspecified atom stereocenters. The highest BCUT2D eigenvalue weighted by atomic mass is 32.1. The van der Waals surface area contributed by atoms with Gasteiger partial charge in [0.2, 0.25) is 5.91 Å². The van der Waals surface area contributed by atoms with Gasteiger partial charge in [0.15, 0.2) is 0 Å². The van der Waals surface area contributed by atoms with Crippen LogP contribution in [-0.4, -0.2) is 22.0 Å². The Kier molecular flexibility index (Phi) is 4.84. The van der Waals surface area contributed by atoms with Gasteiger partial charge >= 0.3 is 5.97 Å². The van der Waals surface area contributed by atoms with Crippen LogP contribution in [0.25, 0.3) is 0 Å². The summed E-state index contributed by atoms with van der Waals surface area (Å²) < 4.78 is 0. The van der Waals surface area contributed by atoms with E-state index in [9.17, 15) is 9.59 Å². The van der Waals surface area contributed by atoms with Crippen LogP contribution in [0.4, 0.5) is 0 Å². The lowest BCUT2D eigenvalue weighted by Crippen LogP contribution is -2.31. The smallest absolute Gasteiger partial charge is 0.347 e. The van der Waals surface area contributed by atoms with Gasteiger partial charge in [-0.3, -0.25) is 4.79 Å². The number of amides is 1. The van der Waals surface area contributed by atoms with E-state index in [2.05, 4.69) is 10.3 Å². The number of carboxylic acids is 1. The molecule has 1 aromatic rings. The molecular weight excluding hydrogens is 252 g/mol. The van der Waals surface area contributed by atoms with Crippen molar-refractivity contribution in [3.05, 3.63) is 15.6 Å². The highest BCUT2D eigenvalue weighted by molar-refractivity contribution is 7.13. The minimum absolute atomic E-state index is 0.0327. The summed E-state index contributed by atoms with van der Waals surface area (Å²) in [5.41, 5.74) is 0.493. The van der Waals surface area contributed by atoms with E-state index < -0.39 is 5.97 Å². The van der Waals surface area contributed by atoms with Crippen LogP contribution in [0.3, 0.4) is 0 Å².